The Labute approximate surface area is 211 Å². The van der Waals surface area contributed by atoms with Gasteiger partial charge < -0.3 is 5.32 Å². The molecule has 0 saturated heterocycles. The summed E-state index contributed by atoms with van der Waals surface area (Å²) in [7, 11) is 0. The number of nitrogens with zero attached hydrogens (tertiary/aromatic N) is 3. The topological polar surface area (TPSA) is 121 Å². The molecule has 10 heteroatoms. The molecule has 0 fully saturated rings. The lowest BCUT2D eigenvalue weighted by Crippen LogP contribution is -2.23. The Bertz CT molecular complexity index is 1510. The van der Waals surface area contributed by atoms with Crippen LogP contribution in [0.15, 0.2) is 64.8 Å². The number of aromatic amines is 1. The lowest BCUT2D eigenvalue weighted by molar-refractivity contribution is 0.0950. The van der Waals surface area contributed by atoms with E-state index in [1.165, 1.54) is 4.68 Å². The van der Waals surface area contributed by atoms with Gasteiger partial charge in [0.05, 0.1) is 26.7 Å². The number of hydrogen-bond donors (Lipinski definition) is 3. The Morgan fingerprint density at radius 1 is 1.00 bits per heavy atom. The highest BCUT2D eigenvalue weighted by atomic mass is 32.1. The Morgan fingerprint density at radius 3 is 2.39 bits per heavy atom. The van der Waals surface area contributed by atoms with Crippen LogP contribution in [-0.4, -0.2) is 32.3 Å². The Morgan fingerprint density at radius 2 is 1.69 bits per heavy atom. The van der Waals surface area contributed by atoms with Gasteiger partial charge >= 0.3 is 0 Å². The summed E-state index contributed by atoms with van der Waals surface area (Å²) in [6, 6.07) is 12.6. The number of aryl methyl sites for hydroxylation is 3. The third kappa shape index (κ3) is 5.33. The van der Waals surface area contributed by atoms with Crippen LogP contribution < -0.4 is 16.3 Å². The normalized spacial score (nSPS) is 11.4. The van der Waals surface area contributed by atoms with Crippen LogP contribution in [0.4, 0.5) is 0 Å². The van der Waals surface area contributed by atoms with Crippen molar-refractivity contribution in [3.05, 3.63) is 103 Å². The van der Waals surface area contributed by atoms with E-state index < -0.39 is 5.91 Å². The minimum absolute atomic E-state index is 0.254. The number of nitrogens with one attached hydrogen (secondary N) is 3. The zero-order chi connectivity index (χ0) is 25.8. The average Bonchev–Trinajstić information content (AvgIpc) is 3.48. The number of carbonyl (C=O) groups is 2. The number of amides is 2. The van der Waals surface area contributed by atoms with Gasteiger partial charge in [0.25, 0.3) is 17.4 Å². The molecule has 2 amide bonds. The van der Waals surface area contributed by atoms with Crippen LogP contribution in [0.3, 0.4) is 0 Å². The number of aromatic nitrogens is 3. The molecular weight excluding hydrogens is 476 g/mol. The van der Waals surface area contributed by atoms with Crippen LogP contribution in [0.25, 0.3) is 5.69 Å². The predicted molar refractivity (Wildman–Crippen MR) is 140 cm³/mol. The summed E-state index contributed by atoms with van der Waals surface area (Å²) in [5.41, 5.74) is 7.49. The summed E-state index contributed by atoms with van der Waals surface area (Å²) in [4.78, 5) is 42.8. The van der Waals surface area contributed by atoms with Gasteiger partial charge in [-0.1, -0.05) is 6.07 Å². The van der Waals surface area contributed by atoms with Gasteiger partial charge in [-0.15, -0.1) is 11.3 Å². The average molecular weight is 503 g/mol. The molecule has 0 atom stereocenters. The highest BCUT2D eigenvalue weighted by Crippen LogP contribution is 2.17. The first kappa shape index (κ1) is 24.8. The lowest BCUT2D eigenvalue weighted by atomic mass is 10.1. The van der Waals surface area contributed by atoms with Gasteiger partial charge in [0.1, 0.15) is 0 Å². The molecule has 3 heterocycles. The number of rotatable bonds is 7. The maximum absolute atomic E-state index is 13.1. The first-order valence-electron chi connectivity index (χ1n) is 11.3. The van der Waals surface area contributed by atoms with E-state index in [4.69, 9.17) is 0 Å². The number of carbonyl (C=O) groups excluding carboxylic acids is 2. The minimum atomic E-state index is -0.463. The maximum Gasteiger partial charge on any atom is 0.281 e. The van der Waals surface area contributed by atoms with Crippen molar-refractivity contribution in [1.82, 2.24) is 25.5 Å². The van der Waals surface area contributed by atoms with E-state index in [0.29, 0.717) is 33.3 Å². The molecule has 0 radical (unpaired) electrons. The van der Waals surface area contributed by atoms with Gasteiger partial charge in [0.2, 0.25) is 0 Å². The fourth-order valence-corrected chi connectivity index (χ4v) is 4.43. The van der Waals surface area contributed by atoms with E-state index in [1.807, 2.05) is 44.2 Å². The molecule has 0 aliphatic heterocycles. The molecular formula is C26H26N6O3S. The van der Waals surface area contributed by atoms with E-state index in [9.17, 15) is 14.4 Å². The van der Waals surface area contributed by atoms with Gasteiger partial charge in [0, 0.05) is 24.6 Å². The molecule has 9 nitrogen and oxygen atoms in total. The molecule has 0 saturated carbocycles. The predicted octanol–water partition coefficient (Wildman–Crippen LogP) is 3.63. The SMILES string of the molecule is C/C(=N\NC(=O)c1ccc(C(=O)NCc2ccncc2)s1)c1c(C)[nH]n(-c2ccc(C)c(C)c2)c1=O. The van der Waals surface area contributed by atoms with Crippen LogP contribution in [0.5, 0.6) is 0 Å². The summed E-state index contributed by atoms with van der Waals surface area (Å²) in [6.07, 6.45) is 3.32. The summed E-state index contributed by atoms with van der Waals surface area (Å²) in [5, 5.41) is 10.0. The number of hydrazone groups is 1. The molecule has 0 aliphatic carbocycles. The largest absolute Gasteiger partial charge is 0.347 e. The standard InChI is InChI=1S/C26H26N6O3S/c1-15-5-6-20(13-16(15)2)32-26(35)23(18(4)31-32)17(3)29-30-25(34)22-8-7-21(36-22)24(33)28-14-19-9-11-27-12-10-19/h5-13,31H,14H2,1-4H3,(H,28,33)(H,30,34)/b29-17+. The van der Waals surface area contributed by atoms with E-state index >= 15 is 0 Å². The summed E-state index contributed by atoms with van der Waals surface area (Å²) >= 11 is 1.06. The molecule has 0 bridgehead atoms. The minimum Gasteiger partial charge on any atom is -0.347 e. The first-order chi connectivity index (χ1) is 17.2. The van der Waals surface area contributed by atoms with E-state index in [2.05, 4.69) is 25.9 Å². The van der Waals surface area contributed by atoms with E-state index in [1.54, 1.807) is 38.4 Å². The van der Waals surface area contributed by atoms with Crippen molar-refractivity contribution < 1.29 is 9.59 Å². The molecule has 184 valence electrons. The highest BCUT2D eigenvalue weighted by Gasteiger charge is 2.17. The van der Waals surface area contributed by atoms with Crippen molar-refractivity contribution in [1.29, 1.82) is 0 Å². The number of H-pyrrole nitrogens is 1. The molecule has 0 unspecified atom stereocenters. The third-order valence-electron chi connectivity index (χ3n) is 5.76. The fraction of sp³-hybridized carbons (Fsp3) is 0.192. The van der Waals surface area contributed by atoms with Crippen molar-refractivity contribution >= 4 is 28.9 Å². The number of benzene rings is 1. The van der Waals surface area contributed by atoms with E-state index in [-0.39, 0.29) is 11.5 Å². The van der Waals surface area contributed by atoms with Crippen molar-refractivity contribution in [3.8, 4) is 5.69 Å². The zero-order valence-electron chi connectivity index (χ0n) is 20.4. The van der Waals surface area contributed by atoms with Gasteiger partial charge in [-0.3, -0.25) is 24.5 Å². The number of hydrogen-bond acceptors (Lipinski definition) is 6. The van der Waals surface area contributed by atoms with Crippen LogP contribution in [0, 0.1) is 20.8 Å². The third-order valence-corrected chi connectivity index (χ3v) is 6.85. The zero-order valence-corrected chi connectivity index (χ0v) is 21.2. The molecule has 3 N–H and O–H groups in total. The summed E-state index contributed by atoms with van der Waals surface area (Å²) in [5.74, 6) is -0.736. The fourth-order valence-electron chi connectivity index (χ4n) is 3.62. The highest BCUT2D eigenvalue weighted by molar-refractivity contribution is 7.15. The second-order valence-electron chi connectivity index (χ2n) is 8.36. The first-order valence-corrected chi connectivity index (χ1v) is 12.1. The molecule has 0 spiro atoms. The van der Waals surface area contributed by atoms with Crippen LogP contribution >= 0.6 is 11.3 Å². The van der Waals surface area contributed by atoms with Gasteiger partial charge in [0.15, 0.2) is 0 Å². The molecule has 3 aromatic heterocycles. The maximum atomic E-state index is 13.1. The Balaban J connectivity index is 1.44. The van der Waals surface area contributed by atoms with Crippen molar-refractivity contribution in [2.24, 2.45) is 5.10 Å². The van der Waals surface area contributed by atoms with Crippen LogP contribution in [-0.2, 0) is 6.54 Å². The molecule has 0 aliphatic rings. The number of thiophene rings is 1. The second-order valence-corrected chi connectivity index (χ2v) is 9.44. The number of pyridine rings is 1. The second kappa shape index (κ2) is 10.5. The molecule has 4 rings (SSSR count). The molecule has 1 aromatic carbocycles. The Kier molecular flexibility index (Phi) is 7.25. The molecule has 4 aromatic rings. The van der Waals surface area contributed by atoms with Gasteiger partial charge in [-0.05, 0) is 80.8 Å². The van der Waals surface area contributed by atoms with Crippen molar-refractivity contribution in [3.63, 3.8) is 0 Å². The van der Waals surface area contributed by atoms with Crippen molar-refractivity contribution in [2.45, 2.75) is 34.2 Å². The van der Waals surface area contributed by atoms with Gasteiger partial charge in [-0.25, -0.2) is 10.1 Å². The quantitative estimate of drug-likeness (QED) is 0.264. The smallest absolute Gasteiger partial charge is 0.281 e. The summed E-state index contributed by atoms with van der Waals surface area (Å²) < 4.78 is 1.47. The monoisotopic (exact) mass is 502 g/mol. The van der Waals surface area contributed by atoms with Gasteiger partial charge in [-0.2, -0.15) is 5.10 Å². The van der Waals surface area contributed by atoms with Crippen LogP contribution in [0.1, 0.15) is 54.2 Å². The lowest BCUT2D eigenvalue weighted by Gasteiger charge is -2.05. The molecule has 36 heavy (non-hydrogen) atoms. The van der Waals surface area contributed by atoms with E-state index in [0.717, 1.165) is 33.7 Å². The summed E-state index contributed by atoms with van der Waals surface area (Å²) in [6.45, 7) is 7.81. The van der Waals surface area contributed by atoms with Crippen LogP contribution in [0.2, 0.25) is 0 Å². The Hall–Kier alpha value is -4.31. The van der Waals surface area contributed by atoms with Crippen molar-refractivity contribution in [2.75, 3.05) is 0 Å².